The molecule has 0 radical (unpaired) electrons. The summed E-state index contributed by atoms with van der Waals surface area (Å²) in [5, 5.41) is 11.5. The summed E-state index contributed by atoms with van der Waals surface area (Å²) in [4.78, 5) is 0. The smallest absolute Gasteiger partial charge is 0.0959 e. The second-order valence-corrected chi connectivity index (χ2v) is 2.95. The maximum absolute atomic E-state index is 8.50. The first-order chi connectivity index (χ1) is 6.22. The molecule has 1 aromatic rings. The van der Waals surface area contributed by atoms with Gasteiger partial charge in [0.1, 0.15) is 0 Å². The molecule has 0 unspecified atom stereocenters. The Morgan fingerprint density at radius 2 is 2.00 bits per heavy atom. The molecule has 1 aromatic carbocycles. The van der Waals surface area contributed by atoms with Crippen molar-refractivity contribution in [3.63, 3.8) is 0 Å². The van der Waals surface area contributed by atoms with E-state index in [9.17, 15) is 0 Å². The maximum atomic E-state index is 8.50. The summed E-state index contributed by atoms with van der Waals surface area (Å²) in [5.74, 6) is 0. The fraction of sp³-hybridized carbons (Fsp3) is 0.182. The third kappa shape index (κ3) is 3.00. The van der Waals surface area contributed by atoms with Crippen molar-refractivity contribution in [1.82, 2.24) is 0 Å². The number of nitrogens with zero attached hydrogens (tertiary/aromatic N) is 1. The second-order valence-electron chi connectivity index (χ2n) is 2.95. The van der Waals surface area contributed by atoms with Gasteiger partial charge in [-0.3, -0.25) is 0 Å². The van der Waals surface area contributed by atoms with Crippen LogP contribution < -0.4 is 5.32 Å². The zero-order valence-electron chi connectivity index (χ0n) is 7.83. The van der Waals surface area contributed by atoms with Gasteiger partial charge in [0.05, 0.1) is 6.07 Å². The molecule has 66 valence electrons. The van der Waals surface area contributed by atoms with E-state index in [1.54, 1.807) is 13.1 Å². The Morgan fingerprint density at radius 1 is 1.38 bits per heavy atom. The van der Waals surface area contributed by atoms with E-state index in [1.165, 1.54) is 5.56 Å². The molecule has 0 spiro atoms. The lowest BCUT2D eigenvalue weighted by Crippen LogP contribution is -1.88. The van der Waals surface area contributed by atoms with Crippen LogP contribution in [-0.2, 0) is 0 Å². The standard InChI is InChI=1S/C11H12N2/c1-9-3-5-11(6-4-9)13-8-10(2)7-12/h3-6,8,13H,1-2H3/b10-8-. The van der Waals surface area contributed by atoms with Crippen molar-refractivity contribution in [3.05, 3.63) is 41.6 Å². The molecular formula is C11H12N2. The van der Waals surface area contributed by atoms with E-state index in [-0.39, 0.29) is 0 Å². The highest BCUT2D eigenvalue weighted by Crippen LogP contribution is 2.08. The van der Waals surface area contributed by atoms with Gasteiger partial charge in [0.25, 0.3) is 0 Å². The highest BCUT2D eigenvalue weighted by atomic mass is 14.8. The molecule has 0 atom stereocenters. The topological polar surface area (TPSA) is 35.8 Å². The van der Waals surface area contributed by atoms with Gasteiger partial charge < -0.3 is 5.32 Å². The Balaban J connectivity index is 2.67. The molecular weight excluding hydrogens is 160 g/mol. The zero-order valence-corrected chi connectivity index (χ0v) is 7.83. The lowest BCUT2D eigenvalue weighted by Gasteiger charge is -2.00. The zero-order chi connectivity index (χ0) is 9.68. The van der Waals surface area contributed by atoms with Crippen molar-refractivity contribution >= 4 is 5.69 Å². The minimum atomic E-state index is 0.667. The third-order valence-electron chi connectivity index (χ3n) is 1.68. The summed E-state index contributed by atoms with van der Waals surface area (Å²) in [6.07, 6.45) is 1.70. The lowest BCUT2D eigenvalue weighted by atomic mass is 10.2. The maximum Gasteiger partial charge on any atom is 0.0959 e. The van der Waals surface area contributed by atoms with Crippen LogP contribution in [0.5, 0.6) is 0 Å². The van der Waals surface area contributed by atoms with E-state index in [0.717, 1.165) is 5.69 Å². The first kappa shape index (κ1) is 9.34. The summed E-state index contributed by atoms with van der Waals surface area (Å²) in [6, 6.07) is 10.1. The number of anilines is 1. The van der Waals surface area contributed by atoms with Gasteiger partial charge in [-0.05, 0) is 26.0 Å². The van der Waals surface area contributed by atoms with Gasteiger partial charge in [0, 0.05) is 17.5 Å². The number of aryl methyl sites for hydroxylation is 1. The predicted octanol–water partition coefficient (Wildman–Crippen LogP) is 2.83. The third-order valence-corrected chi connectivity index (χ3v) is 1.68. The number of nitriles is 1. The predicted molar refractivity (Wildman–Crippen MR) is 54.2 cm³/mol. The van der Waals surface area contributed by atoms with Crippen LogP contribution in [0.2, 0.25) is 0 Å². The van der Waals surface area contributed by atoms with Gasteiger partial charge in [0.2, 0.25) is 0 Å². The largest absolute Gasteiger partial charge is 0.361 e. The van der Waals surface area contributed by atoms with Crippen molar-refractivity contribution in [2.75, 3.05) is 5.32 Å². The number of benzene rings is 1. The van der Waals surface area contributed by atoms with Crippen molar-refractivity contribution in [3.8, 4) is 6.07 Å². The van der Waals surface area contributed by atoms with Crippen LogP contribution in [0.1, 0.15) is 12.5 Å². The van der Waals surface area contributed by atoms with Crippen LogP contribution in [0.3, 0.4) is 0 Å². The summed E-state index contributed by atoms with van der Waals surface area (Å²) >= 11 is 0. The lowest BCUT2D eigenvalue weighted by molar-refractivity contribution is 1.41. The van der Waals surface area contributed by atoms with Gasteiger partial charge in [-0.1, -0.05) is 17.7 Å². The van der Waals surface area contributed by atoms with Gasteiger partial charge in [0.15, 0.2) is 0 Å². The van der Waals surface area contributed by atoms with Crippen LogP contribution in [0, 0.1) is 18.3 Å². The fourth-order valence-corrected chi connectivity index (χ4v) is 0.874. The molecule has 0 saturated heterocycles. The van der Waals surface area contributed by atoms with E-state index in [4.69, 9.17) is 5.26 Å². The highest BCUT2D eigenvalue weighted by molar-refractivity contribution is 5.47. The fourth-order valence-electron chi connectivity index (χ4n) is 0.874. The highest BCUT2D eigenvalue weighted by Gasteiger charge is 1.88. The van der Waals surface area contributed by atoms with Crippen molar-refractivity contribution < 1.29 is 0 Å². The van der Waals surface area contributed by atoms with Crippen LogP contribution in [0.25, 0.3) is 0 Å². The molecule has 13 heavy (non-hydrogen) atoms. The summed E-state index contributed by atoms with van der Waals surface area (Å²) in [6.45, 7) is 3.81. The molecule has 0 bridgehead atoms. The molecule has 2 nitrogen and oxygen atoms in total. The average molecular weight is 172 g/mol. The van der Waals surface area contributed by atoms with Crippen LogP contribution in [-0.4, -0.2) is 0 Å². The summed E-state index contributed by atoms with van der Waals surface area (Å²) in [7, 11) is 0. The number of hydrogen-bond acceptors (Lipinski definition) is 2. The normalized spacial score (nSPS) is 10.7. The van der Waals surface area contributed by atoms with E-state index in [1.807, 2.05) is 37.3 Å². The molecule has 0 aliphatic rings. The molecule has 0 aliphatic heterocycles. The molecule has 0 amide bonds. The minimum absolute atomic E-state index is 0.667. The molecule has 0 heterocycles. The molecule has 0 saturated carbocycles. The van der Waals surface area contributed by atoms with Crippen LogP contribution in [0.15, 0.2) is 36.0 Å². The average Bonchev–Trinajstić information content (AvgIpc) is 2.16. The number of allylic oxidation sites excluding steroid dienone is 1. The van der Waals surface area contributed by atoms with Crippen molar-refractivity contribution in [2.24, 2.45) is 0 Å². The first-order valence-corrected chi connectivity index (χ1v) is 4.12. The quantitative estimate of drug-likeness (QED) is 0.696. The summed E-state index contributed by atoms with van der Waals surface area (Å²) in [5.41, 5.74) is 2.90. The van der Waals surface area contributed by atoms with Gasteiger partial charge in [-0.25, -0.2) is 0 Å². The first-order valence-electron chi connectivity index (χ1n) is 4.12. The van der Waals surface area contributed by atoms with E-state index >= 15 is 0 Å². The Labute approximate surface area is 78.5 Å². The second kappa shape index (κ2) is 4.32. The SMILES string of the molecule is C/C(C#N)=C/Nc1ccc(C)cc1. The van der Waals surface area contributed by atoms with Crippen molar-refractivity contribution in [1.29, 1.82) is 5.26 Å². The monoisotopic (exact) mass is 172 g/mol. The van der Waals surface area contributed by atoms with Crippen LogP contribution >= 0.6 is 0 Å². The van der Waals surface area contributed by atoms with Crippen molar-refractivity contribution in [2.45, 2.75) is 13.8 Å². The Hall–Kier alpha value is -1.75. The molecule has 0 aliphatic carbocycles. The number of rotatable bonds is 2. The van der Waals surface area contributed by atoms with Gasteiger partial charge >= 0.3 is 0 Å². The van der Waals surface area contributed by atoms with Crippen LogP contribution in [0.4, 0.5) is 5.69 Å². The molecule has 1 N–H and O–H groups in total. The van der Waals surface area contributed by atoms with Gasteiger partial charge in [-0.2, -0.15) is 5.26 Å². The summed E-state index contributed by atoms with van der Waals surface area (Å²) < 4.78 is 0. The van der Waals surface area contributed by atoms with E-state index in [2.05, 4.69) is 5.32 Å². The molecule has 1 rings (SSSR count). The molecule has 0 aromatic heterocycles. The Morgan fingerprint density at radius 3 is 2.54 bits per heavy atom. The Bertz CT molecular complexity index is 341. The number of hydrogen-bond donors (Lipinski definition) is 1. The molecule has 0 fully saturated rings. The van der Waals surface area contributed by atoms with Gasteiger partial charge in [-0.15, -0.1) is 0 Å². The van der Waals surface area contributed by atoms with E-state index < -0.39 is 0 Å². The number of nitrogens with one attached hydrogen (secondary N) is 1. The minimum Gasteiger partial charge on any atom is -0.361 e. The Kier molecular flexibility index (Phi) is 3.10. The molecule has 2 heteroatoms. The van der Waals surface area contributed by atoms with E-state index in [0.29, 0.717) is 5.57 Å².